The summed E-state index contributed by atoms with van der Waals surface area (Å²) in [4.78, 5) is 0. The van der Waals surface area contributed by atoms with Gasteiger partial charge in [-0.15, -0.1) is 0 Å². The second-order valence-electron chi connectivity index (χ2n) is 2.75. The van der Waals surface area contributed by atoms with Gasteiger partial charge in [0, 0.05) is 4.75 Å². The Labute approximate surface area is 56.3 Å². The van der Waals surface area contributed by atoms with Gasteiger partial charge in [-0.25, -0.2) is 0 Å². The molecular formula is C6H13NS. The van der Waals surface area contributed by atoms with E-state index in [1.807, 2.05) is 0 Å². The van der Waals surface area contributed by atoms with E-state index in [0.29, 0.717) is 4.75 Å². The van der Waals surface area contributed by atoms with Gasteiger partial charge in [-0.1, -0.05) is 6.92 Å². The third-order valence-electron chi connectivity index (χ3n) is 1.68. The SMILES string of the molecule is CC1(S)CCNCC1. The van der Waals surface area contributed by atoms with Crippen LogP contribution >= 0.6 is 12.6 Å². The Morgan fingerprint density at radius 2 is 1.88 bits per heavy atom. The lowest BCUT2D eigenvalue weighted by Gasteiger charge is -2.28. The summed E-state index contributed by atoms with van der Waals surface area (Å²) in [6, 6.07) is 0. The van der Waals surface area contributed by atoms with Crippen LogP contribution in [0.3, 0.4) is 0 Å². The van der Waals surface area contributed by atoms with Gasteiger partial charge in [0.2, 0.25) is 0 Å². The molecule has 1 saturated heterocycles. The van der Waals surface area contributed by atoms with Gasteiger partial charge < -0.3 is 5.32 Å². The highest BCUT2D eigenvalue weighted by molar-refractivity contribution is 7.81. The van der Waals surface area contributed by atoms with Crippen LogP contribution in [0.25, 0.3) is 0 Å². The molecule has 1 fully saturated rings. The van der Waals surface area contributed by atoms with E-state index in [1.165, 1.54) is 12.8 Å². The van der Waals surface area contributed by atoms with Crippen molar-refractivity contribution in [2.24, 2.45) is 0 Å². The van der Waals surface area contributed by atoms with Crippen molar-refractivity contribution in [3.63, 3.8) is 0 Å². The molecule has 8 heavy (non-hydrogen) atoms. The van der Waals surface area contributed by atoms with Gasteiger partial charge in [-0.3, -0.25) is 0 Å². The molecule has 1 aliphatic rings. The van der Waals surface area contributed by atoms with Crippen LogP contribution < -0.4 is 5.32 Å². The molecule has 1 nitrogen and oxygen atoms in total. The molecule has 0 spiro atoms. The second kappa shape index (κ2) is 2.28. The van der Waals surface area contributed by atoms with Crippen LogP contribution in [0.1, 0.15) is 19.8 Å². The summed E-state index contributed by atoms with van der Waals surface area (Å²) in [6.45, 7) is 4.48. The quantitative estimate of drug-likeness (QED) is 0.468. The normalized spacial score (nSPS) is 27.8. The predicted molar refractivity (Wildman–Crippen MR) is 39.5 cm³/mol. The first-order chi connectivity index (χ1) is 3.71. The van der Waals surface area contributed by atoms with Crippen molar-refractivity contribution in [1.82, 2.24) is 5.32 Å². The zero-order valence-electron chi connectivity index (χ0n) is 5.28. The van der Waals surface area contributed by atoms with Crippen molar-refractivity contribution in [2.45, 2.75) is 24.5 Å². The summed E-state index contributed by atoms with van der Waals surface area (Å²) in [5.41, 5.74) is 0. The van der Waals surface area contributed by atoms with Crippen molar-refractivity contribution in [2.75, 3.05) is 13.1 Å². The first kappa shape index (κ1) is 6.43. The van der Waals surface area contributed by atoms with E-state index in [4.69, 9.17) is 0 Å². The lowest BCUT2D eigenvalue weighted by Crippen LogP contribution is -2.35. The van der Waals surface area contributed by atoms with E-state index in [2.05, 4.69) is 24.9 Å². The smallest absolute Gasteiger partial charge is 0.0125 e. The van der Waals surface area contributed by atoms with Crippen LogP contribution in [-0.4, -0.2) is 17.8 Å². The monoisotopic (exact) mass is 131 g/mol. The third-order valence-corrected chi connectivity index (χ3v) is 2.13. The standard InChI is InChI=1S/C6H13NS/c1-6(8)2-4-7-5-3-6/h7-8H,2-5H2,1H3. The molecule has 0 unspecified atom stereocenters. The van der Waals surface area contributed by atoms with Crippen LogP contribution in [0, 0.1) is 0 Å². The highest BCUT2D eigenvalue weighted by Crippen LogP contribution is 2.23. The van der Waals surface area contributed by atoms with Gasteiger partial charge in [0.25, 0.3) is 0 Å². The number of thiol groups is 1. The Morgan fingerprint density at radius 1 is 1.38 bits per heavy atom. The summed E-state index contributed by atoms with van der Waals surface area (Å²) in [7, 11) is 0. The lowest BCUT2D eigenvalue weighted by molar-refractivity contribution is 0.441. The number of rotatable bonds is 0. The molecule has 0 amide bonds. The molecule has 0 aromatic rings. The molecule has 1 heterocycles. The highest BCUT2D eigenvalue weighted by Gasteiger charge is 2.20. The number of nitrogens with one attached hydrogen (secondary N) is 1. The Bertz CT molecular complexity index is 72.6. The fourth-order valence-corrected chi connectivity index (χ4v) is 1.19. The molecule has 0 saturated carbocycles. The summed E-state index contributed by atoms with van der Waals surface area (Å²) in [5.74, 6) is 0. The van der Waals surface area contributed by atoms with Crippen molar-refractivity contribution in [3.8, 4) is 0 Å². The molecule has 1 N–H and O–H groups in total. The molecule has 48 valence electrons. The second-order valence-corrected chi connectivity index (χ2v) is 3.83. The van der Waals surface area contributed by atoms with E-state index in [1.54, 1.807) is 0 Å². The van der Waals surface area contributed by atoms with Crippen LogP contribution in [0.2, 0.25) is 0 Å². The molecule has 2 heteroatoms. The lowest BCUT2D eigenvalue weighted by atomic mass is 10.00. The van der Waals surface area contributed by atoms with Gasteiger partial charge in [0.05, 0.1) is 0 Å². The van der Waals surface area contributed by atoms with Crippen LogP contribution in [0.5, 0.6) is 0 Å². The minimum atomic E-state index is 0.311. The largest absolute Gasteiger partial charge is 0.317 e. The van der Waals surface area contributed by atoms with Crippen LogP contribution in [0.15, 0.2) is 0 Å². The Kier molecular flexibility index (Phi) is 1.83. The maximum Gasteiger partial charge on any atom is 0.0125 e. The van der Waals surface area contributed by atoms with Crippen molar-refractivity contribution in [3.05, 3.63) is 0 Å². The summed E-state index contributed by atoms with van der Waals surface area (Å²) in [6.07, 6.45) is 2.41. The van der Waals surface area contributed by atoms with E-state index in [-0.39, 0.29) is 0 Å². The van der Waals surface area contributed by atoms with Gasteiger partial charge in [-0.2, -0.15) is 12.6 Å². The predicted octanol–water partition coefficient (Wildman–Crippen LogP) is 1.06. The molecule has 1 rings (SSSR count). The Morgan fingerprint density at radius 3 is 2.12 bits per heavy atom. The molecule has 0 aliphatic carbocycles. The summed E-state index contributed by atoms with van der Waals surface area (Å²) >= 11 is 4.48. The fraction of sp³-hybridized carbons (Fsp3) is 1.00. The van der Waals surface area contributed by atoms with Crippen molar-refractivity contribution < 1.29 is 0 Å². The maximum absolute atomic E-state index is 4.48. The molecule has 0 aromatic carbocycles. The molecule has 0 radical (unpaired) electrons. The first-order valence-corrected chi connectivity index (χ1v) is 3.59. The van der Waals surface area contributed by atoms with Crippen molar-refractivity contribution >= 4 is 12.6 Å². The average Bonchev–Trinajstić information content (AvgIpc) is 1.65. The fourth-order valence-electron chi connectivity index (χ4n) is 0.965. The number of hydrogen-bond acceptors (Lipinski definition) is 2. The van der Waals surface area contributed by atoms with Crippen LogP contribution in [0.4, 0.5) is 0 Å². The van der Waals surface area contributed by atoms with E-state index >= 15 is 0 Å². The van der Waals surface area contributed by atoms with Gasteiger partial charge in [0.15, 0.2) is 0 Å². The number of hydrogen-bond donors (Lipinski definition) is 2. The molecule has 1 aliphatic heterocycles. The molecule has 0 atom stereocenters. The average molecular weight is 131 g/mol. The van der Waals surface area contributed by atoms with E-state index < -0.39 is 0 Å². The maximum atomic E-state index is 4.48. The van der Waals surface area contributed by atoms with Gasteiger partial charge >= 0.3 is 0 Å². The van der Waals surface area contributed by atoms with Gasteiger partial charge in [0.1, 0.15) is 0 Å². The van der Waals surface area contributed by atoms with Crippen LogP contribution in [-0.2, 0) is 0 Å². The third kappa shape index (κ3) is 1.67. The van der Waals surface area contributed by atoms with Crippen molar-refractivity contribution in [1.29, 1.82) is 0 Å². The summed E-state index contributed by atoms with van der Waals surface area (Å²) in [5, 5.41) is 3.29. The van der Waals surface area contributed by atoms with E-state index in [0.717, 1.165) is 13.1 Å². The topological polar surface area (TPSA) is 12.0 Å². The van der Waals surface area contributed by atoms with E-state index in [9.17, 15) is 0 Å². The summed E-state index contributed by atoms with van der Waals surface area (Å²) < 4.78 is 0.311. The van der Waals surface area contributed by atoms with Gasteiger partial charge in [-0.05, 0) is 25.9 Å². The number of piperidine rings is 1. The molecule has 0 aromatic heterocycles. The minimum absolute atomic E-state index is 0.311. The minimum Gasteiger partial charge on any atom is -0.317 e. The Hall–Kier alpha value is 0.310. The zero-order chi connectivity index (χ0) is 6.04. The molecule has 0 bridgehead atoms. The molecular weight excluding hydrogens is 118 g/mol. The Balaban J connectivity index is 2.33. The first-order valence-electron chi connectivity index (χ1n) is 3.14. The zero-order valence-corrected chi connectivity index (χ0v) is 6.17. The highest BCUT2D eigenvalue weighted by atomic mass is 32.1.